The number of rotatable bonds is 4. The summed E-state index contributed by atoms with van der Waals surface area (Å²) in [7, 11) is 0. The van der Waals surface area contributed by atoms with E-state index >= 15 is 0 Å². The minimum atomic E-state index is 0. The van der Waals surface area contributed by atoms with Crippen molar-refractivity contribution in [2.24, 2.45) is 5.41 Å². The fourth-order valence-corrected chi connectivity index (χ4v) is 3.43. The van der Waals surface area contributed by atoms with Gasteiger partial charge in [0, 0.05) is 5.92 Å². The van der Waals surface area contributed by atoms with Gasteiger partial charge in [-0.25, -0.2) is 0 Å². The maximum atomic E-state index is 2.37. The molecular formula is C21H24K2. The van der Waals surface area contributed by atoms with Crippen LogP contribution in [-0.4, -0.2) is 103 Å². The summed E-state index contributed by atoms with van der Waals surface area (Å²) in [6.07, 6.45) is 7.80. The van der Waals surface area contributed by atoms with Crippen molar-refractivity contribution in [2.45, 2.75) is 26.2 Å². The summed E-state index contributed by atoms with van der Waals surface area (Å²) in [6.45, 7) is 4.74. The van der Waals surface area contributed by atoms with Crippen molar-refractivity contribution < 1.29 is 0 Å². The van der Waals surface area contributed by atoms with Gasteiger partial charge in [0.1, 0.15) is 0 Å². The van der Waals surface area contributed by atoms with Crippen molar-refractivity contribution in [3.05, 3.63) is 95.6 Å². The predicted molar refractivity (Wildman–Crippen MR) is 105 cm³/mol. The molecule has 0 unspecified atom stereocenters. The summed E-state index contributed by atoms with van der Waals surface area (Å²) in [4.78, 5) is 0. The molecule has 2 heteroatoms. The summed E-state index contributed by atoms with van der Waals surface area (Å²) in [6, 6.07) is 21.8. The first-order valence-corrected chi connectivity index (χ1v) is 7.65. The molecule has 110 valence electrons. The Morgan fingerprint density at radius 2 is 1.26 bits per heavy atom. The molecule has 1 aliphatic rings. The van der Waals surface area contributed by atoms with Crippen LogP contribution in [0.25, 0.3) is 0 Å². The summed E-state index contributed by atoms with van der Waals surface area (Å²) >= 11 is 0. The molecule has 0 N–H and O–H groups in total. The molecule has 2 aromatic carbocycles. The molecule has 0 aliphatic heterocycles. The van der Waals surface area contributed by atoms with E-state index < -0.39 is 0 Å². The van der Waals surface area contributed by atoms with Crippen molar-refractivity contribution in [3.8, 4) is 0 Å². The van der Waals surface area contributed by atoms with Crippen LogP contribution in [0.15, 0.2) is 84.5 Å². The first-order chi connectivity index (χ1) is 10.2. The molecule has 0 heterocycles. The fraction of sp³-hybridized carbons (Fsp3) is 0.238. The molecule has 0 aromatic heterocycles. The van der Waals surface area contributed by atoms with Gasteiger partial charge < -0.3 is 0 Å². The first-order valence-electron chi connectivity index (χ1n) is 7.65. The van der Waals surface area contributed by atoms with Gasteiger partial charge in [-0.15, -0.1) is 0 Å². The Hall–Kier alpha value is 1.19. The molecule has 0 spiro atoms. The molecular weight excluding hydrogens is 330 g/mol. The molecule has 3 rings (SSSR count). The van der Waals surface area contributed by atoms with Gasteiger partial charge in [0.25, 0.3) is 0 Å². The van der Waals surface area contributed by atoms with Crippen LogP contribution in [0.1, 0.15) is 37.3 Å². The molecule has 2 aromatic rings. The van der Waals surface area contributed by atoms with Crippen molar-refractivity contribution in [2.75, 3.05) is 0 Å². The van der Waals surface area contributed by atoms with Gasteiger partial charge in [-0.1, -0.05) is 98.3 Å². The molecule has 23 heavy (non-hydrogen) atoms. The van der Waals surface area contributed by atoms with Crippen molar-refractivity contribution in [1.82, 2.24) is 0 Å². The van der Waals surface area contributed by atoms with E-state index in [9.17, 15) is 0 Å². The van der Waals surface area contributed by atoms with Crippen molar-refractivity contribution >= 4 is 103 Å². The zero-order chi connectivity index (χ0) is 14.7. The Bertz CT molecular complexity index is 615. The van der Waals surface area contributed by atoms with E-state index in [4.69, 9.17) is 0 Å². The molecule has 0 amide bonds. The molecule has 0 nitrogen and oxygen atoms in total. The maximum absolute atomic E-state index is 2.37. The summed E-state index contributed by atoms with van der Waals surface area (Å²) in [5.41, 5.74) is 4.40. The van der Waals surface area contributed by atoms with Gasteiger partial charge in [-0.2, -0.15) is 0 Å². The van der Waals surface area contributed by atoms with E-state index in [-0.39, 0.29) is 108 Å². The van der Waals surface area contributed by atoms with Crippen LogP contribution in [0.3, 0.4) is 0 Å². The third-order valence-corrected chi connectivity index (χ3v) is 4.59. The zero-order valence-electron chi connectivity index (χ0n) is 12.8. The van der Waals surface area contributed by atoms with Gasteiger partial charge in [0.15, 0.2) is 0 Å². The molecule has 0 saturated carbocycles. The summed E-state index contributed by atoms with van der Waals surface area (Å²) < 4.78 is 0. The standard InChI is InChI=1S/C21H22.2K.2H/c1-21(2,19-15-9-10-16-19)20(17-11-5-3-6-12-17)18-13-7-4-8-14-18;;;;/h3-15,20H,16H2,1-2H3;;;;. The second-order valence-electron chi connectivity index (χ2n) is 6.30. The monoisotopic (exact) mass is 354 g/mol. The van der Waals surface area contributed by atoms with E-state index in [1.165, 1.54) is 16.7 Å². The minimum absolute atomic E-state index is 0. The van der Waals surface area contributed by atoms with Gasteiger partial charge in [-0.05, 0) is 23.0 Å². The zero-order valence-corrected chi connectivity index (χ0v) is 12.8. The third-order valence-electron chi connectivity index (χ3n) is 4.59. The van der Waals surface area contributed by atoms with Gasteiger partial charge in [0.2, 0.25) is 0 Å². The normalized spacial score (nSPS) is 13.3. The van der Waals surface area contributed by atoms with Gasteiger partial charge in [0.05, 0.1) is 0 Å². The Morgan fingerprint density at radius 3 is 1.65 bits per heavy atom. The molecule has 1 aliphatic carbocycles. The Kier molecular flexibility index (Phi) is 10.0. The van der Waals surface area contributed by atoms with Crippen LogP contribution < -0.4 is 0 Å². The fourth-order valence-electron chi connectivity index (χ4n) is 3.43. The predicted octanol–water partition coefficient (Wildman–Crippen LogP) is 4.43. The van der Waals surface area contributed by atoms with E-state index in [0.717, 1.165) is 6.42 Å². The molecule has 0 atom stereocenters. The number of benzene rings is 2. The van der Waals surface area contributed by atoms with Crippen LogP contribution in [0.5, 0.6) is 0 Å². The molecule has 0 saturated heterocycles. The van der Waals surface area contributed by atoms with E-state index in [0.29, 0.717) is 5.92 Å². The number of hydrogen-bond donors (Lipinski definition) is 0. The van der Waals surface area contributed by atoms with Gasteiger partial charge in [-0.3, -0.25) is 0 Å². The van der Waals surface area contributed by atoms with Crippen LogP contribution >= 0.6 is 0 Å². The van der Waals surface area contributed by atoms with E-state index in [2.05, 4.69) is 92.7 Å². The van der Waals surface area contributed by atoms with E-state index in [1.54, 1.807) is 0 Å². The van der Waals surface area contributed by atoms with Crippen LogP contribution in [0.2, 0.25) is 0 Å². The Balaban J connectivity index is 0.00000132. The first kappa shape index (κ1) is 22.2. The number of allylic oxidation sites excluding steroid dienone is 4. The van der Waals surface area contributed by atoms with E-state index in [1.807, 2.05) is 0 Å². The second-order valence-corrected chi connectivity index (χ2v) is 6.30. The third kappa shape index (κ3) is 5.33. The summed E-state index contributed by atoms with van der Waals surface area (Å²) in [5, 5.41) is 0. The molecule has 0 radical (unpaired) electrons. The molecule has 0 bridgehead atoms. The van der Waals surface area contributed by atoms with Gasteiger partial charge >= 0.3 is 103 Å². The average Bonchev–Trinajstić information content (AvgIpc) is 3.04. The van der Waals surface area contributed by atoms with Crippen molar-refractivity contribution in [3.63, 3.8) is 0 Å². The quantitative estimate of drug-likeness (QED) is 0.712. The SMILES string of the molecule is CC(C)(C1=CC=CC1)C(c1ccccc1)c1ccccc1.[KH].[KH]. The average molecular weight is 355 g/mol. The van der Waals surface area contributed by atoms with Crippen LogP contribution in [0.4, 0.5) is 0 Å². The molecule has 0 fully saturated rings. The van der Waals surface area contributed by atoms with Crippen LogP contribution in [0, 0.1) is 5.41 Å². The van der Waals surface area contributed by atoms with Crippen LogP contribution in [-0.2, 0) is 0 Å². The summed E-state index contributed by atoms with van der Waals surface area (Å²) in [5.74, 6) is 0.381. The van der Waals surface area contributed by atoms with Crippen molar-refractivity contribution in [1.29, 1.82) is 0 Å². The Morgan fingerprint density at radius 1 is 0.783 bits per heavy atom. The number of hydrogen-bond acceptors (Lipinski definition) is 0. The second kappa shape index (κ2) is 10.4. The Labute approximate surface area is 225 Å². The topological polar surface area (TPSA) is 0 Å².